The van der Waals surface area contributed by atoms with E-state index in [4.69, 9.17) is 13.9 Å². The van der Waals surface area contributed by atoms with Gasteiger partial charge in [-0.1, -0.05) is 81.4 Å². The molecule has 2 bridgehead atoms. The van der Waals surface area contributed by atoms with Gasteiger partial charge in [0, 0.05) is 42.6 Å². The lowest BCUT2D eigenvalue weighted by Crippen LogP contribution is -2.48. The number of benzene rings is 4. The molecule has 2 amide bonds. The largest absolute Gasteiger partial charge is 0.446 e. The number of hydrogen-bond donors (Lipinski definition) is 2. The minimum Gasteiger partial charge on any atom is -0.446 e. The molecule has 274 valence electrons. The van der Waals surface area contributed by atoms with E-state index in [0.717, 1.165) is 51.6 Å². The number of morpholine rings is 1. The number of likely N-dealkylation sites (N-methyl/N-ethyl adjacent to an activating group) is 1. The van der Waals surface area contributed by atoms with E-state index < -0.39 is 14.4 Å². The number of nitrogens with one attached hydrogen (secondary N) is 2. The minimum absolute atomic E-state index is 0.0142. The van der Waals surface area contributed by atoms with Crippen molar-refractivity contribution in [1.29, 1.82) is 0 Å². The van der Waals surface area contributed by atoms with Gasteiger partial charge >= 0.3 is 6.09 Å². The Bertz CT molecular complexity index is 1920. The lowest BCUT2D eigenvalue weighted by atomic mass is 9.99. The van der Waals surface area contributed by atoms with Crippen LogP contribution in [0.2, 0.25) is 18.1 Å². The molecule has 3 fully saturated rings. The van der Waals surface area contributed by atoms with Crippen molar-refractivity contribution < 1.29 is 23.5 Å². The van der Waals surface area contributed by atoms with Crippen molar-refractivity contribution in [2.75, 3.05) is 17.7 Å². The van der Waals surface area contributed by atoms with E-state index in [0.29, 0.717) is 49.2 Å². The maximum atomic E-state index is 13.2. The third kappa shape index (κ3) is 7.83. The number of anilines is 2. The quantitative estimate of drug-likeness (QED) is 0.119. The molecule has 0 aromatic heterocycles. The average Bonchev–Trinajstić information content (AvgIpc) is 3.86. The van der Waals surface area contributed by atoms with Crippen molar-refractivity contribution in [3.8, 4) is 11.1 Å². The Kier molecular flexibility index (Phi) is 10.1. The highest BCUT2D eigenvalue weighted by Gasteiger charge is 2.62. The van der Waals surface area contributed by atoms with Crippen LogP contribution in [0, 0.1) is 0 Å². The van der Waals surface area contributed by atoms with Crippen LogP contribution >= 0.6 is 0 Å². The topological polar surface area (TPSA) is 92.4 Å². The number of carbonyl (C=O) groups excluding carboxylic acids is 2. The third-order valence-corrected chi connectivity index (χ3v) is 16.4. The fraction of sp³-hybridized carbons (Fsp3) is 0.442. The number of nitrogens with zero attached hydrogens (tertiary/aromatic N) is 1. The van der Waals surface area contributed by atoms with Gasteiger partial charge in [0.05, 0.1) is 11.8 Å². The van der Waals surface area contributed by atoms with Crippen LogP contribution in [0.5, 0.6) is 0 Å². The first kappa shape index (κ1) is 36.3. The zero-order valence-electron chi connectivity index (χ0n) is 31.6. The number of piperidine rings is 1. The van der Waals surface area contributed by atoms with Gasteiger partial charge in [0.2, 0.25) is 5.91 Å². The molecule has 8 nitrogen and oxygen atoms in total. The van der Waals surface area contributed by atoms with Crippen molar-refractivity contribution in [3.05, 3.63) is 96.1 Å². The Hall–Kier alpha value is -4.02. The second-order valence-electron chi connectivity index (χ2n) is 16.5. The molecule has 4 aromatic carbocycles. The van der Waals surface area contributed by atoms with Crippen LogP contribution in [0.25, 0.3) is 21.9 Å². The average molecular weight is 720 g/mol. The molecule has 0 spiro atoms. The van der Waals surface area contributed by atoms with Crippen LogP contribution in [-0.2, 0) is 25.1 Å². The van der Waals surface area contributed by atoms with Crippen molar-refractivity contribution in [3.63, 3.8) is 0 Å². The number of ether oxygens (including phenoxy) is 2. The number of epoxide rings is 1. The van der Waals surface area contributed by atoms with Crippen LogP contribution in [0.15, 0.2) is 84.9 Å². The third-order valence-electron chi connectivity index (χ3n) is 11.8. The summed E-state index contributed by atoms with van der Waals surface area (Å²) in [7, 11) is 0.256. The zero-order chi connectivity index (χ0) is 36.8. The van der Waals surface area contributed by atoms with E-state index in [1.807, 2.05) is 54.6 Å². The normalized spacial score (nSPS) is 23.2. The van der Waals surface area contributed by atoms with Crippen LogP contribution in [0.4, 0.5) is 16.2 Å². The number of rotatable bonds is 11. The Morgan fingerprint density at radius 3 is 2.31 bits per heavy atom. The van der Waals surface area contributed by atoms with Gasteiger partial charge in [0.15, 0.2) is 8.32 Å². The summed E-state index contributed by atoms with van der Waals surface area (Å²) in [6, 6.07) is 29.3. The van der Waals surface area contributed by atoms with Gasteiger partial charge in [-0.25, -0.2) is 4.79 Å². The van der Waals surface area contributed by atoms with Crippen molar-refractivity contribution >= 4 is 42.5 Å². The van der Waals surface area contributed by atoms with E-state index >= 15 is 0 Å². The maximum absolute atomic E-state index is 13.2. The SMILES string of the molecule is CC(O[Si](C)(C)C(C)(C)C)c1ccc2cc(NC(=O)CCCc3ccc(-c4ccccc4)c(NC(=O)OC4C[C@@H]5[C@H]6O[C@H]6[C@H](C4)N5C)c3)ccc2c1. The van der Waals surface area contributed by atoms with E-state index in [9.17, 15) is 9.59 Å². The Morgan fingerprint density at radius 2 is 1.60 bits per heavy atom. The summed E-state index contributed by atoms with van der Waals surface area (Å²) >= 11 is 0. The standard InChI is InChI=1S/C43H53N3O5Si/c1-27(51-52(6,7)43(2,3)4)30-17-18-32-24-33(20-19-31(32)23-30)44-39(47)15-11-12-28-16-21-35(29-13-9-8-10-14-29)36(22-28)45-42(48)49-34-25-37-40-41(50-40)38(26-34)46(37)5/h8-10,13-14,16-24,27,34,37-38,40-41H,11-12,15,25-26H2,1-7H3,(H,44,47)(H,45,48)/t27?,34?,37-,38+,40-,41+. The second kappa shape index (κ2) is 14.4. The van der Waals surface area contributed by atoms with Crippen molar-refractivity contribution in [1.82, 2.24) is 4.90 Å². The molecule has 4 aromatic rings. The van der Waals surface area contributed by atoms with Crippen molar-refractivity contribution in [2.24, 2.45) is 0 Å². The lowest BCUT2D eigenvalue weighted by Gasteiger charge is -2.38. The highest BCUT2D eigenvalue weighted by Crippen LogP contribution is 2.48. The lowest BCUT2D eigenvalue weighted by molar-refractivity contribution is -0.116. The Balaban J connectivity index is 0.947. The summed E-state index contributed by atoms with van der Waals surface area (Å²) in [6.07, 6.45) is 3.38. The Morgan fingerprint density at radius 1 is 0.904 bits per heavy atom. The predicted octanol–water partition coefficient (Wildman–Crippen LogP) is 9.71. The molecule has 9 heteroatoms. The van der Waals surface area contributed by atoms with Crippen LogP contribution in [-0.4, -0.2) is 62.7 Å². The van der Waals surface area contributed by atoms with Crippen LogP contribution in [0.3, 0.4) is 0 Å². The number of carbonyl (C=O) groups is 2. The van der Waals surface area contributed by atoms with Gasteiger partial charge in [-0.3, -0.25) is 15.0 Å². The summed E-state index contributed by atoms with van der Waals surface area (Å²) in [6.45, 7) is 13.5. The summed E-state index contributed by atoms with van der Waals surface area (Å²) in [5, 5.41) is 8.50. The molecule has 2 N–H and O–H groups in total. The van der Waals surface area contributed by atoms with Gasteiger partial charge in [-0.15, -0.1) is 0 Å². The summed E-state index contributed by atoms with van der Waals surface area (Å²) < 4.78 is 18.4. The number of aryl methyl sites for hydroxylation is 1. The fourth-order valence-corrected chi connectivity index (χ4v) is 9.14. The molecular formula is C43H53N3O5Si. The molecule has 3 saturated heterocycles. The Labute approximate surface area is 309 Å². The van der Waals surface area contributed by atoms with Crippen LogP contribution in [0.1, 0.15) is 70.6 Å². The first-order chi connectivity index (χ1) is 24.8. The highest BCUT2D eigenvalue weighted by atomic mass is 28.4. The molecule has 2 unspecified atom stereocenters. The molecule has 3 heterocycles. The molecule has 7 rings (SSSR count). The van der Waals surface area contributed by atoms with Gasteiger partial charge in [-0.2, -0.15) is 0 Å². The van der Waals surface area contributed by atoms with Gasteiger partial charge in [-0.05, 0) is 96.7 Å². The molecule has 0 saturated carbocycles. The summed E-state index contributed by atoms with van der Waals surface area (Å²) in [5.41, 5.74) is 5.65. The molecule has 3 aliphatic rings. The highest BCUT2D eigenvalue weighted by molar-refractivity contribution is 6.74. The molecular weight excluding hydrogens is 667 g/mol. The smallest absolute Gasteiger partial charge is 0.411 e. The van der Waals surface area contributed by atoms with Gasteiger partial charge in [0.25, 0.3) is 0 Å². The summed E-state index contributed by atoms with van der Waals surface area (Å²) in [4.78, 5) is 28.6. The number of fused-ring (bicyclic) bond motifs is 6. The number of amides is 2. The minimum atomic E-state index is -1.89. The molecule has 3 aliphatic heterocycles. The van der Waals surface area contributed by atoms with Gasteiger partial charge in [0.1, 0.15) is 18.3 Å². The first-order valence-corrected chi connectivity index (χ1v) is 21.7. The molecule has 0 aliphatic carbocycles. The van der Waals surface area contributed by atoms with E-state index in [2.05, 4.69) is 93.7 Å². The predicted molar refractivity (Wildman–Crippen MR) is 211 cm³/mol. The zero-order valence-corrected chi connectivity index (χ0v) is 32.6. The molecule has 0 radical (unpaired) electrons. The maximum Gasteiger partial charge on any atom is 0.411 e. The van der Waals surface area contributed by atoms with Crippen LogP contribution < -0.4 is 10.6 Å². The number of hydrogen-bond acceptors (Lipinski definition) is 6. The molecule has 6 atom stereocenters. The van der Waals surface area contributed by atoms with Gasteiger partial charge < -0.3 is 19.2 Å². The van der Waals surface area contributed by atoms with E-state index in [-0.39, 0.29) is 23.2 Å². The second-order valence-corrected chi connectivity index (χ2v) is 21.2. The molecule has 52 heavy (non-hydrogen) atoms. The van der Waals surface area contributed by atoms with E-state index in [1.165, 1.54) is 0 Å². The monoisotopic (exact) mass is 719 g/mol. The first-order valence-electron chi connectivity index (χ1n) is 18.8. The summed E-state index contributed by atoms with van der Waals surface area (Å²) in [5.74, 6) is -0.0228. The fourth-order valence-electron chi connectivity index (χ4n) is 7.77. The van der Waals surface area contributed by atoms with Crippen molar-refractivity contribution in [2.45, 2.75) is 114 Å². The van der Waals surface area contributed by atoms with E-state index in [1.54, 1.807) is 0 Å².